The Hall–Kier alpha value is -0.590. The van der Waals surface area contributed by atoms with Gasteiger partial charge in [0.2, 0.25) is 6.29 Å². The standard InChI is InChI=1S/C8H11O/c1-4-6-7(5-9)8(6,2)3/h4,6-7H,1H2,2-3H3. The van der Waals surface area contributed by atoms with Crippen molar-refractivity contribution in [1.82, 2.24) is 0 Å². The van der Waals surface area contributed by atoms with Gasteiger partial charge < -0.3 is 0 Å². The summed E-state index contributed by atoms with van der Waals surface area (Å²) in [6, 6.07) is 0. The SMILES string of the molecule is C=CC1C([C]=O)C1(C)C. The van der Waals surface area contributed by atoms with Crippen LogP contribution in [0, 0.1) is 17.3 Å². The van der Waals surface area contributed by atoms with Crippen molar-refractivity contribution in [3.63, 3.8) is 0 Å². The maximum atomic E-state index is 10.2. The van der Waals surface area contributed by atoms with Crippen LogP contribution < -0.4 is 0 Å². The molecule has 1 aliphatic rings. The third-order valence-corrected chi connectivity index (χ3v) is 2.29. The highest BCUT2D eigenvalue weighted by molar-refractivity contribution is 5.63. The smallest absolute Gasteiger partial charge is 0.202 e. The van der Waals surface area contributed by atoms with Crippen molar-refractivity contribution in [1.29, 1.82) is 0 Å². The molecule has 0 aromatic heterocycles. The van der Waals surface area contributed by atoms with Crippen molar-refractivity contribution >= 4 is 6.29 Å². The minimum Gasteiger partial charge on any atom is -0.291 e. The lowest BCUT2D eigenvalue weighted by molar-refractivity contribution is 0.528. The third kappa shape index (κ3) is 0.716. The number of hydrogen-bond acceptors (Lipinski definition) is 1. The Morgan fingerprint density at radius 2 is 2.22 bits per heavy atom. The van der Waals surface area contributed by atoms with Crippen LogP contribution in [0.15, 0.2) is 12.7 Å². The predicted octanol–water partition coefficient (Wildman–Crippen LogP) is 1.55. The van der Waals surface area contributed by atoms with E-state index in [0.717, 1.165) is 0 Å². The summed E-state index contributed by atoms with van der Waals surface area (Å²) < 4.78 is 0. The van der Waals surface area contributed by atoms with E-state index in [0.29, 0.717) is 5.92 Å². The number of allylic oxidation sites excluding steroid dienone is 1. The molecule has 1 heteroatoms. The van der Waals surface area contributed by atoms with E-state index in [1.54, 1.807) is 0 Å². The fraction of sp³-hybridized carbons (Fsp3) is 0.625. The van der Waals surface area contributed by atoms with Gasteiger partial charge in [0.25, 0.3) is 0 Å². The van der Waals surface area contributed by atoms with E-state index in [2.05, 4.69) is 20.4 Å². The Labute approximate surface area is 55.8 Å². The Balaban J connectivity index is 2.64. The average Bonchev–Trinajstić information content (AvgIpc) is 2.32. The number of rotatable bonds is 2. The van der Waals surface area contributed by atoms with E-state index in [9.17, 15) is 4.79 Å². The van der Waals surface area contributed by atoms with Crippen molar-refractivity contribution in [3.05, 3.63) is 12.7 Å². The van der Waals surface area contributed by atoms with E-state index in [-0.39, 0.29) is 11.3 Å². The minimum absolute atomic E-state index is 0.106. The molecule has 0 amide bonds. The van der Waals surface area contributed by atoms with Crippen molar-refractivity contribution in [3.8, 4) is 0 Å². The maximum absolute atomic E-state index is 10.2. The summed E-state index contributed by atoms with van der Waals surface area (Å²) in [5.74, 6) is 0.477. The molecule has 9 heavy (non-hydrogen) atoms. The largest absolute Gasteiger partial charge is 0.291 e. The Kier molecular flexibility index (Phi) is 1.23. The monoisotopic (exact) mass is 123 g/mol. The first-order valence-electron chi connectivity index (χ1n) is 3.15. The topological polar surface area (TPSA) is 17.1 Å². The lowest BCUT2D eigenvalue weighted by atomic mass is 10.1. The first kappa shape index (κ1) is 6.53. The Morgan fingerprint density at radius 1 is 1.67 bits per heavy atom. The fourth-order valence-corrected chi connectivity index (χ4v) is 1.34. The first-order chi connectivity index (χ1) is 4.14. The molecule has 1 fully saturated rings. The molecule has 1 nitrogen and oxygen atoms in total. The highest BCUT2D eigenvalue weighted by Crippen LogP contribution is 2.57. The molecule has 2 atom stereocenters. The molecule has 0 heterocycles. The molecule has 2 unspecified atom stereocenters. The van der Waals surface area contributed by atoms with Crippen molar-refractivity contribution in [2.45, 2.75) is 13.8 Å². The van der Waals surface area contributed by atoms with Gasteiger partial charge in [-0.1, -0.05) is 19.9 Å². The van der Waals surface area contributed by atoms with Crippen LogP contribution in [0.2, 0.25) is 0 Å². The van der Waals surface area contributed by atoms with Crippen molar-refractivity contribution < 1.29 is 4.79 Å². The van der Waals surface area contributed by atoms with Gasteiger partial charge in [-0.2, -0.15) is 0 Å². The van der Waals surface area contributed by atoms with Crippen molar-refractivity contribution in [2.24, 2.45) is 17.3 Å². The molecule has 0 saturated heterocycles. The van der Waals surface area contributed by atoms with E-state index in [1.165, 1.54) is 0 Å². The molecule has 49 valence electrons. The second-order valence-electron chi connectivity index (χ2n) is 3.18. The highest BCUT2D eigenvalue weighted by Gasteiger charge is 2.56. The zero-order valence-electron chi connectivity index (χ0n) is 5.85. The lowest BCUT2D eigenvalue weighted by Crippen LogP contribution is -1.89. The second kappa shape index (κ2) is 1.69. The molecule has 0 aliphatic heterocycles. The van der Waals surface area contributed by atoms with Crippen LogP contribution in [0.4, 0.5) is 0 Å². The highest BCUT2D eigenvalue weighted by atomic mass is 16.1. The van der Waals surface area contributed by atoms with Crippen molar-refractivity contribution in [2.75, 3.05) is 0 Å². The van der Waals surface area contributed by atoms with Gasteiger partial charge >= 0.3 is 0 Å². The van der Waals surface area contributed by atoms with E-state index in [4.69, 9.17) is 0 Å². The molecule has 0 aromatic rings. The van der Waals surface area contributed by atoms with Gasteiger partial charge in [0.05, 0.1) is 0 Å². The predicted molar refractivity (Wildman–Crippen MR) is 36.7 cm³/mol. The molecule has 1 saturated carbocycles. The first-order valence-corrected chi connectivity index (χ1v) is 3.15. The molecule has 1 rings (SSSR count). The van der Waals surface area contributed by atoms with Gasteiger partial charge in [-0.15, -0.1) is 6.58 Å². The Bertz CT molecular complexity index is 131. The summed E-state index contributed by atoms with van der Waals surface area (Å²) >= 11 is 0. The molecular weight excluding hydrogens is 112 g/mol. The van der Waals surface area contributed by atoms with Gasteiger partial charge in [0.1, 0.15) is 0 Å². The Morgan fingerprint density at radius 3 is 2.33 bits per heavy atom. The van der Waals surface area contributed by atoms with Crippen LogP contribution in [0.3, 0.4) is 0 Å². The van der Waals surface area contributed by atoms with Crippen LogP contribution in [0.25, 0.3) is 0 Å². The molecule has 0 bridgehead atoms. The van der Waals surface area contributed by atoms with E-state index < -0.39 is 0 Å². The van der Waals surface area contributed by atoms with Gasteiger partial charge in [0.15, 0.2) is 0 Å². The van der Waals surface area contributed by atoms with Gasteiger partial charge in [0, 0.05) is 5.92 Å². The molecule has 0 N–H and O–H groups in total. The van der Waals surface area contributed by atoms with Gasteiger partial charge in [-0.05, 0) is 11.3 Å². The quantitative estimate of drug-likeness (QED) is 0.509. The normalized spacial score (nSPS) is 37.6. The van der Waals surface area contributed by atoms with Gasteiger partial charge in [-0.3, -0.25) is 4.79 Å². The van der Waals surface area contributed by atoms with Crippen LogP contribution in [-0.4, -0.2) is 6.29 Å². The van der Waals surface area contributed by atoms with Crippen LogP contribution in [0.1, 0.15) is 13.8 Å². The molecule has 0 spiro atoms. The summed E-state index contributed by atoms with van der Waals surface area (Å²) in [6.07, 6.45) is 3.85. The minimum atomic E-state index is 0.106. The fourth-order valence-electron chi connectivity index (χ4n) is 1.34. The summed E-state index contributed by atoms with van der Waals surface area (Å²) in [6.45, 7) is 7.77. The van der Waals surface area contributed by atoms with Crippen LogP contribution >= 0.6 is 0 Å². The summed E-state index contributed by atoms with van der Waals surface area (Å²) in [4.78, 5) is 10.2. The summed E-state index contributed by atoms with van der Waals surface area (Å²) in [5.41, 5.74) is 0.142. The lowest BCUT2D eigenvalue weighted by Gasteiger charge is -1.93. The summed E-state index contributed by atoms with van der Waals surface area (Å²) in [5, 5.41) is 0. The number of hydrogen-bond donors (Lipinski definition) is 0. The molecular formula is C8H11O. The number of carbonyl (C=O) groups excluding carboxylic acids is 1. The molecule has 1 aliphatic carbocycles. The summed E-state index contributed by atoms with van der Waals surface area (Å²) in [7, 11) is 0. The second-order valence-corrected chi connectivity index (χ2v) is 3.18. The van der Waals surface area contributed by atoms with E-state index in [1.807, 2.05) is 12.4 Å². The molecule has 0 aromatic carbocycles. The van der Waals surface area contributed by atoms with Crippen LogP contribution in [-0.2, 0) is 4.79 Å². The molecule has 1 radical (unpaired) electrons. The third-order valence-electron chi connectivity index (χ3n) is 2.29. The average molecular weight is 123 g/mol. The van der Waals surface area contributed by atoms with Crippen LogP contribution in [0.5, 0.6) is 0 Å². The van der Waals surface area contributed by atoms with E-state index >= 15 is 0 Å². The zero-order valence-corrected chi connectivity index (χ0v) is 5.85. The van der Waals surface area contributed by atoms with Gasteiger partial charge in [-0.25, -0.2) is 0 Å². The zero-order chi connectivity index (χ0) is 7.07. The maximum Gasteiger partial charge on any atom is 0.202 e.